The highest BCUT2D eigenvalue weighted by Gasteiger charge is 2.21. The second-order valence-electron chi connectivity index (χ2n) is 4.23. The largest absolute Gasteiger partial charge is 0.481 e. The van der Waals surface area contributed by atoms with Crippen molar-refractivity contribution in [3.05, 3.63) is 70.2 Å². The zero-order valence-electron chi connectivity index (χ0n) is 9.93. The van der Waals surface area contributed by atoms with Crippen molar-refractivity contribution >= 4 is 17.6 Å². The van der Waals surface area contributed by atoms with Crippen LogP contribution in [-0.4, -0.2) is 11.1 Å². The van der Waals surface area contributed by atoms with Crippen LogP contribution in [0.3, 0.4) is 0 Å². The summed E-state index contributed by atoms with van der Waals surface area (Å²) in [5, 5.41) is 9.99. The van der Waals surface area contributed by atoms with Gasteiger partial charge in [-0.15, -0.1) is 0 Å². The molecule has 2 rings (SSSR count). The standard InChI is InChI=1S/C15H13ClO2/c1-10-2-4-11(5-3-10)14(15(17)18)12-6-8-13(16)9-7-12/h2-9,14H,1H3,(H,17,18)/t14-/m1/s1. The van der Waals surface area contributed by atoms with Crippen molar-refractivity contribution in [2.24, 2.45) is 0 Å². The third-order valence-corrected chi connectivity index (χ3v) is 3.11. The summed E-state index contributed by atoms with van der Waals surface area (Å²) in [4.78, 5) is 11.4. The maximum atomic E-state index is 11.4. The van der Waals surface area contributed by atoms with Crippen LogP contribution in [0.5, 0.6) is 0 Å². The maximum Gasteiger partial charge on any atom is 0.315 e. The highest BCUT2D eigenvalue weighted by molar-refractivity contribution is 6.30. The predicted octanol–water partition coefficient (Wildman–Crippen LogP) is 3.86. The minimum absolute atomic E-state index is 0.604. The lowest BCUT2D eigenvalue weighted by molar-refractivity contribution is -0.137. The van der Waals surface area contributed by atoms with Gasteiger partial charge in [-0.25, -0.2) is 0 Å². The number of carbonyl (C=O) groups is 1. The van der Waals surface area contributed by atoms with Crippen LogP contribution in [0.1, 0.15) is 22.6 Å². The molecule has 0 fully saturated rings. The third-order valence-electron chi connectivity index (χ3n) is 2.86. The molecule has 0 aromatic heterocycles. The summed E-state index contributed by atoms with van der Waals surface area (Å²) in [6.45, 7) is 1.97. The van der Waals surface area contributed by atoms with Gasteiger partial charge in [0.1, 0.15) is 5.92 Å². The van der Waals surface area contributed by atoms with E-state index in [0.29, 0.717) is 5.02 Å². The molecule has 0 spiro atoms. The van der Waals surface area contributed by atoms with Crippen molar-refractivity contribution in [2.45, 2.75) is 12.8 Å². The molecular formula is C15H13ClO2. The summed E-state index contributed by atoms with van der Waals surface area (Å²) in [5.74, 6) is -1.51. The van der Waals surface area contributed by atoms with Crippen molar-refractivity contribution in [3.63, 3.8) is 0 Å². The van der Waals surface area contributed by atoms with Gasteiger partial charge in [0.25, 0.3) is 0 Å². The van der Waals surface area contributed by atoms with Gasteiger partial charge in [-0.1, -0.05) is 53.6 Å². The Morgan fingerprint density at radius 3 is 1.89 bits per heavy atom. The summed E-state index contributed by atoms with van der Waals surface area (Å²) in [7, 11) is 0. The number of hydrogen-bond donors (Lipinski definition) is 1. The molecule has 0 unspecified atom stereocenters. The van der Waals surface area contributed by atoms with Gasteiger partial charge in [-0.05, 0) is 30.2 Å². The average molecular weight is 261 g/mol. The lowest BCUT2D eigenvalue weighted by Gasteiger charge is -2.13. The van der Waals surface area contributed by atoms with Crippen LogP contribution in [0.4, 0.5) is 0 Å². The average Bonchev–Trinajstić information content (AvgIpc) is 2.34. The van der Waals surface area contributed by atoms with Gasteiger partial charge in [0, 0.05) is 5.02 Å². The van der Waals surface area contributed by atoms with E-state index in [2.05, 4.69) is 0 Å². The van der Waals surface area contributed by atoms with Crippen molar-refractivity contribution in [1.29, 1.82) is 0 Å². The molecule has 0 bridgehead atoms. The summed E-state index contributed by atoms with van der Waals surface area (Å²) in [6, 6.07) is 14.5. The van der Waals surface area contributed by atoms with Crippen LogP contribution < -0.4 is 0 Å². The Kier molecular flexibility index (Phi) is 3.68. The summed E-state index contributed by atoms with van der Waals surface area (Å²) in [5.41, 5.74) is 2.62. The molecular weight excluding hydrogens is 248 g/mol. The van der Waals surface area contributed by atoms with Gasteiger partial charge in [0.2, 0.25) is 0 Å². The molecule has 2 aromatic rings. The zero-order valence-corrected chi connectivity index (χ0v) is 10.7. The minimum atomic E-state index is -0.860. The maximum absolute atomic E-state index is 11.4. The number of carboxylic acid groups (broad SMARTS) is 1. The summed E-state index contributed by atoms with van der Waals surface area (Å²) >= 11 is 5.82. The first-order valence-corrected chi connectivity index (χ1v) is 6.00. The molecule has 0 saturated heterocycles. The molecule has 0 radical (unpaired) electrons. The molecule has 0 aliphatic carbocycles. The molecule has 0 aliphatic heterocycles. The van der Waals surface area contributed by atoms with E-state index in [1.54, 1.807) is 24.3 Å². The van der Waals surface area contributed by atoms with E-state index in [0.717, 1.165) is 16.7 Å². The molecule has 92 valence electrons. The molecule has 18 heavy (non-hydrogen) atoms. The van der Waals surface area contributed by atoms with E-state index in [4.69, 9.17) is 11.6 Å². The topological polar surface area (TPSA) is 37.3 Å². The molecule has 1 N–H and O–H groups in total. The van der Waals surface area contributed by atoms with Crippen molar-refractivity contribution in [3.8, 4) is 0 Å². The highest BCUT2D eigenvalue weighted by Crippen LogP contribution is 2.26. The molecule has 2 aromatic carbocycles. The number of halogens is 1. The highest BCUT2D eigenvalue weighted by atomic mass is 35.5. The van der Waals surface area contributed by atoms with E-state index >= 15 is 0 Å². The van der Waals surface area contributed by atoms with E-state index in [-0.39, 0.29) is 0 Å². The van der Waals surface area contributed by atoms with Crippen LogP contribution in [0.25, 0.3) is 0 Å². The lowest BCUT2D eigenvalue weighted by Crippen LogP contribution is -2.12. The van der Waals surface area contributed by atoms with E-state index in [1.807, 2.05) is 31.2 Å². The zero-order chi connectivity index (χ0) is 13.1. The first-order valence-electron chi connectivity index (χ1n) is 5.63. The van der Waals surface area contributed by atoms with Crippen LogP contribution in [0.2, 0.25) is 5.02 Å². The summed E-state index contributed by atoms with van der Waals surface area (Å²) < 4.78 is 0. The smallest absolute Gasteiger partial charge is 0.315 e. The monoisotopic (exact) mass is 260 g/mol. The minimum Gasteiger partial charge on any atom is -0.481 e. The van der Waals surface area contributed by atoms with Crippen molar-refractivity contribution < 1.29 is 9.90 Å². The molecule has 0 aliphatic rings. The van der Waals surface area contributed by atoms with Gasteiger partial charge >= 0.3 is 5.97 Å². The molecule has 1 atom stereocenters. The van der Waals surface area contributed by atoms with Crippen LogP contribution in [0.15, 0.2) is 48.5 Å². The number of benzene rings is 2. The molecule has 0 amide bonds. The molecule has 3 heteroatoms. The van der Waals surface area contributed by atoms with E-state index < -0.39 is 11.9 Å². The number of aliphatic carboxylic acids is 1. The van der Waals surface area contributed by atoms with Gasteiger partial charge in [0.15, 0.2) is 0 Å². The SMILES string of the molecule is Cc1ccc([C@@H](C(=O)O)c2ccc(Cl)cc2)cc1. The fraction of sp³-hybridized carbons (Fsp3) is 0.133. The van der Waals surface area contributed by atoms with Gasteiger partial charge in [-0.2, -0.15) is 0 Å². The third kappa shape index (κ3) is 2.71. The van der Waals surface area contributed by atoms with Gasteiger partial charge < -0.3 is 5.11 Å². The fourth-order valence-electron chi connectivity index (χ4n) is 1.89. The quantitative estimate of drug-likeness (QED) is 0.910. The van der Waals surface area contributed by atoms with E-state index in [1.165, 1.54) is 0 Å². The second-order valence-corrected chi connectivity index (χ2v) is 4.67. The number of hydrogen-bond acceptors (Lipinski definition) is 1. The Bertz CT molecular complexity index is 498. The van der Waals surface area contributed by atoms with Crippen LogP contribution in [0, 0.1) is 6.92 Å². The number of carboxylic acids is 1. The van der Waals surface area contributed by atoms with Crippen LogP contribution >= 0.6 is 11.6 Å². The molecule has 0 saturated carbocycles. The number of aryl methyl sites for hydroxylation is 1. The van der Waals surface area contributed by atoms with Crippen LogP contribution in [-0.2, 0) is 4.79 Å². The Hall–Kier alpha value is -1.80. The summed E-state index contributed by atoms with van der Waals surface area (Å²) in [6.07, 6.45) is 0. The van der Waals surface area contributed by atoms with Gasteiger partial charge in [-0.3, -0.25) is 4.79 Å². The predicted molar refractivity (Wildman–Crippen MR) is 72.1 cm³/mol. The van der Waals surface area contributed by atoms with Crippen molar-refractivity contribution in [1.82, 2.24) is 0 Å². The second kappa shape index (κ2) is 5.23. The molecule has 0 heterocycles. The Morgan fingerprint density at radius 1 is 1.00 bits per heavy atom. The Morgan fingerprint density at radius 2 is 1.44 bits per heavy atom. The Labute approximate surface area is 111 Å². The lowest BCUT2D eigenvalue weighted by atomic mass is 9.91. The number of rotatable bonds is 3. The normalized spacial score (nSPS) is 12.1. The Balaban J connectivity index is 2.43. The van der Waals surface area contributed by atoms with E-state index in [9.17, 15) is 9.90 Å². The van der Waals surface area contributed by atoms with Crippen molar-refractivity contribution in [2.75, 3.05) is 0 Å². The first kappa shape index (κ1) is 12.7. The van der Waals surface area contributed by atoms with Gasteiger partial charge in [0.05, 0.1) is 0 Å². The fourth-order valence-corrected chi connectivity index (χ4v) is 2.02. The first-order chi connectivity index (χ1) is 8.58. The molecule has 2 nitrogen and oxygen atoms in total.